The molecule has 74 heavy (non-hydrogen) atoms. The number of esters is 2. The molecule has 2 fully saturated rings. The van der Waals surface area contributed by atoms with E-state index in [0.29, 0.717) is 86.1 Å². The Kier molecular flexibility index (Phi) is 19.2. The second kappa shape index (κ2) is 26.9. The van der Waals surface area contributed by atoms with Crippen molar-refractivity contribution in [2.24, 2.45) is 11.8 Å². The number of nitrogens with zero attached hydrogens (tertiary/aromatic N) is 6. The zero-order chi connectivity index (χ0) is 51.5. The second-order valence-corrected chi connectivity index (χ2v) is 20.1. The first-order valence-corrected chi connectivity index (χ1v) is 26.4. The molecule has 2 saturated heterocycles. The molecule has 2 N–H and O–H groups in total. The molecule has 20 heteroatoms. The van der Waals surface area contributed by atoms with Crippen LogP contribution in [0, 0.1) is 11.8 Å². The maximum atomic E-state index is 13.7. The van der Waals surface area contributed by atoms with Crippen molar-refractivity contribution < 1.29 is 47.7 Å². The van der Waals surface area contributed by atoms with Gasteiger partial charge in [0.2, 0.25) is 22.1 Å². The molecule has 18 nitrogen and oxygen atoms in total. The Hall–Kier alpha value is -7.58. The van der Waals surface area contributed by atoms with Gasteiger partial charge in [0, 0.05) is 39.0 Å². The Morgan fingerprint density at radius 3 is 1.20 bits per heavy atom. The van der Waals surface area contributed by atoms with Crippen molar-refractivity contribution in [2.45, 2.75) is 76.4 Å². The molecule has 2 aromatic heterocycles. The summed E-state index contributed by atoms with van der Waals surface area (Å²) in [6.45, 7) is 1.45. The van der Waals surface area contributed by atoms with E-state index < -0.39 is 47.8 Å². The van der Waals surface area contributed by atoms with Crippen LogP contribution in [0.25, 0.3) is 0 Å². The third kappa shape index (κ3) is 15.5. The highest BCUT2D eigenvalue weighted by molar-refractivity contribution is 7.15. The van der Waals surface area contributed by atoms with Gasteiger partial charge >= 0.3 is 24.1 Å². The van der Waals surface area contributed by atoms with Gasteiger partial charge in [0.05, 0.1) is 23.7 Å². The lowest BCUT2D eigenvalue weighted by Crippen LogP contribution is -2.41. The quantitative estimate of drug-likeness (QED) is 0.0392. The monoisotopic (exact) mass is 1040 g/mol. The molecular formula is C54H58N8O10S2. The molecule has 4 amide bonds. The van der Waals surface area contributed by atoms with Crippen molar-refractivity contribution in [1.82, 2.24) is 30.2 Å². The van der Waals surface area contributed by atoms with Gasteiger partial charge < -0.3 is 28.7 Å². The predicted molar refractivity (Wildman–Crippen MR) is 276 cm³/mol. The number of likely N-dealkylation sites (tertiary alicyclic amines) is 2. The Balaban J connectivity index is 0.746. The molecule has 8 rings (SSSR count). The van der Waals surface area contributed by atoms with E-state index in [-0.39, 0.29) is 38.2 Å². The Morgan fingerprint density at radius 1 is 0.486 bits per heavy atom. The van der Waals surface area contributed by atoms with Gasteiger partial charge in [-0.05, 0) is 60.8 Å². The number of aryl methyl sites for hydroxylation is 2. The van der Waals surface area contributed by atoms with Crippen molar-refractivity contribution in [3.8, 4) is 0 Å². The normalized spacial score (nSPS) is 14.8. The molecular weight excluding hydrogens is 985 g/mol. The number of amides is 4. The Morgan fingerprint density at radius 2 is 0.838 bits per heavy atom. The summed E-state index contributed by atoms with van der Waals surface area (Å²) in [5, 5.41) is 24.9. The van der Waals surface area contributed by atoms with E-state index in [1.54, 1.807) is 9.80 Å². The van der Waals surface area contributed by atoms with Gasteiger partial charge in [-0.2, -0.15) is 0 Å². The first-order chi connectivity index (χ1) is 36.1. The minimum atomic E-state index is -0.796. The van der Waals surface area contributed by atoms with E-state index in [2.05, 4.69) is 31.0 Å². The number of carbonyl (C=O) groups excluding carboxylic acids is 6. The summed E-state index contributed by atoms with van der Waals surface area (Å²) in [5.74, 6) is -4.01. The van der Waals surface area contributed by atoms with Gasteiger partial charge in [0.15, 0.2) is 0 Å². The summed E-state index contributed by atoms with van der Waals surface area (Å²) >= 11 is 2.54. The molecule has 2 aliphatic heterocycles. The third-order valence-corrected chi connectivity index (χ3v) is 14.6. The lowest BCUT2D eigenvalue weighted by atomic mass is 9.96. The largest absolute Gasteiger partial charge is 0.464 e. The average Bonchev–Trinajstić information content (AvgIpc) is 4.10. The molecule has 0 bridgehead atoms. The van der Waals surface area contributed by atoms with E-state index in [4.69, 9.17) is 18.9 Å². The van der Waals surface area contributed by atoms with Gasteiger partial charge in [-0.1, -0.05) is 144 Å². The molecule has 2 atom stereocenters. The van der Waals surface area contributed by atoms with Crippen LogP contribution >= 0.6 is 22.7 Å². The molecule has 2 unspecified atom stereocenters. The smallest absolute Gasteiger partial charge is 0.410 e. The van der Waals surface area contributed by atoms with Gasteiger partial charge in [-0.15, -0.1) is 20.4 Å². The molecule has 6 aromatic rings. The zero-order valence-corrected chi connectivity index (χ0v) is 42.4. The minimum absolute atomic E-state index is 0.168. The van der Waals surface area contributed by atoms with Crippen LogP contribution in [-0.2, 0) is 64.2 Å². The number of hydrogen-bond acceptors (Lipinski definition) is 16. The van der Waals surface area contributed by atoms with E-state index in [0.717, 1.165) is 34.0 Å². The first kappa shape index (κ1) is 52.7. The summed E-state index contributed by atoms with van der Waals surface area (Å²) in [7, 11) is 0. The van der Waals surface area contributed by atoms with Crippen molar-refractivity contribution in [1.29, 1.82) is 0 Å². The van der Waals surface area contributed by atoms with Gasteiger partial charge in [0.1, 0.15) is 36.4 Å². The second-order valence-electron chi connectivity index (χ2n) is 18.0. The van der Waals surface area contributed by atoms with Crippen LogP contribution in [0.1, 0.15) is 82.6 Å². The minimum Gasteiger partial charge on any atom is -0.464 e. The van der Waals surface area contributed by atoms with E-state index in [9.17, 15) is 28.8 Å². The number of piperidine rings is 2. The molecule has 0 radical (unpaired) electrons. The lowest BCUT2D eigenvalue weighted by Gasteiger charge is -2.30. The van der Waals surface area contributed by atoms with Crippen LogP contribution in [0.15, 0.2) is 121 Å². The molecule has 0 aliphatic carbocycles. The number of benzene rings is 4. The van der Waals surface area contributed by atoms with Crippen LogP contribution in [0.4, 0.5) is 19.9 Å². The number of nitrogens with one attached hydrogen (secondary N) is 2. The summed E-state index contributed by atoms with van der Waals surface area (Å²) in [4.78, 5) is 82.3. The average molecular weight is 1040 g/mol. The SMILES string of the molecule is O=C(OCC(C(=O)Nc1nnc(CCCCc2nnc(NC(=O)C(COC(=O)C3CCN(C(=O)OCc4ccccc4)CC3)c3ccccc3)s2)s1)c1ccccc1)C1CCN(C(=O)OCc2ccccc2)CC1. The number of anilines is 2. The molecule has 2 aliphatic rings. The molecule has 0 saturated carbocycles. The lowest BCUT2D eigenvalue weighted by molar-refractivity contribution is -0.152. The Bertz CT molecular complexity index is 2580. The topological polar surface area (TPSA) is 221 Å². The molecule has 4 heterocycles. The van der Waals surface area contributed by atoms with Crippen LogP contribution in [0.3, 0.4) is 0 Å². The van der Waals surface area contributed by atoms with E-state index in [1.807, 2.05) is 121 Å². The van der Waals surface area contributed by atoms with Crippen molar-refractivity contribution in [3.63, 3.8) is 0 Å². The van der Waals surface area contributed by atoms with Crippen molar-refractivity contribution >= 4 is 68.9 Å². The number of hydrogen-bond donors (Lipinski definition) is 2. The fourth-order valence-corrected chi connectivity index (χ4v) is 10.1. The summed E-state index contributed by atoms with van der Waals surface area (Å²) in [5.41, 5.74) is 3.15. The highest BCUT2D eigenvalue weighted by Gasteiger charge is 2.33. The van der Waals surface area contributed by atoms with Crippen LogP contribution < -0.4 is 10.6 Å². The van der Waals surface area contributed by atoms with Crippen LogP contribution in [0.2, 0.25) is 0 Å². The maximum Gasteiger partial charge on any atom is 0.410 e. The molecule has 386 valence electrons. The van der Waals surface area contributed by atoms with Gasteiger partial charge in [0.25, 0.3) is 0 Å². The summed E-state index contributed by atoms with van der Waals surface area (Å²) in [6, 6.07) is 37.1. The van der Waals surface area contributed by atoms with Crippen LogP contribution in [0.5, 0.6) is 0 Å². The fraction of sp³-hybridized carbons (Fsp3) is 0.370. The van der Waals surface area contributed by atoms with E-state index >= 15 is 0 Å². The molecule has 4 aromatic carbocycles. The van der Waals surface area contributed by atoms with Crippen molar-refractivity contribution in [3.05, 3.63) is 154 Å². The van der Waals surface area contributed by atoms with E-state index in [1.165, 1.54) is 22.7 Å². The number of ether oxygens (including phenoxy) is 4. The van der Waals surface area contributed by atoms with Gasteiger partial charge in [-0.25, -0.2) is 9.59 Å². The first-order valence-electron chi connectivity index (χ1n) is 24.8. The molecule has 0 spiro atoms. The maximum absolute atomic E-state index is 13.7. The Labute approximate surface area is 436 Å². The number of unbranched alkanes of at least 4 members (excludes halogenated alkanes) is 1. The third-order valence-electron chi connectivity index (χ3n) is 12.8. The number of rotatable bonds is 21. The number of carbonyl (C=O) groups is 6. The number of aromatic nitrogens is 4. The van der Waals surface area contributed by atoms with Crippen molar-refractivity contribution in [2.75, 3.05) is 50.0 Å². The highest BCUT2D eigenvalue weighted by Crippen LogP contribution is 2.27. The standard InChI is InChI=1S/C54H58N8O10S2/c63-47(43(39-19-9-3-10-20-39)35-69-49(65)41-25-29-61(30-26-41)53(67)71-33-37-15-5-1-6-16-37)55-51-59-57-45(73-51)23-13-14-24-46-58-60-52(74-46)56-48(64)44(40-21-11-4-12-22-40)36-70-50(66)42-27-31-62(32-28-42)54(68)72-34-38-17-7-2-8-18-38/h1-12,15-22,41-44H,13-14,23-36H2,(H,55,59,63)(H,56,60,64). The van der Waals surface area contributed by atoms with Gasteiger partial charge in [-0.3, -0.25) is 29.8 Å². The predicted octanol–water partition coefficient (Wildman–Crippen LogP) is 8.58. The fourth-order valence-electron chi connectivity index (χ4n) is 8.55. The highest BCUT2D eigenvalue weighted by atomic mass is 32.1. The van der Waals surface area contributed by atoms with Crippen LogP contribution in [-0.4, -0.2) is 106 Å². The zero-order valence-electron chi connectivity index (χ0n) is 40.8. The summed E-state index contributed by atoms with van der Waals surface area (Å²) in [6.07, 6.45) is 3.57. The summed E-state index contributed by atoms with van der Waals surface area (Å²) < 4.78 is 22.4.